The molecule has 126 valence electrons. The highest BCUT2D eigenvalue weighted by Crippen LogP contribution is 2.17. The van der Waals surface area contributed by atoms with Gasteiger partial charge in [-0.15, -0.1) is 0 Å². The van der Waals surface area contributed by atoms with Gasteiger partial charge in [0.25, 0.3) is 11.8 Å². The molecule has 5 heteroatoms. The van der Waals surface area contributed by atoms with Crippen molar-refractivity contribution in [1.82, 2.24) is 10.3 Å². The Bertz CT molecular complexity index is 721. The topological polar surface area (TPSA) is 62.3 Å². The molecule has 1 aromatic carbocycles. The van der Waals surface area contributed by atoms with Crippen LogP contribution in [0.2, 0.25) is 0 Å². The first-order valence-electron chi connectivity index (χ1n) is 7.96. The second kappa shape index (κ2) is 7.25. The van der Waals surface area contributed by atoms with Gasteiger partial charge in [0.05, 0.1) is 11.1 Å². The van der Waals surface area contributed by atoms with Crippen LogP contribution in [0.25, 0.3) is 0 Å². The normalized spacial score (nSPS) is 11.0. The van der Waals surface area contributed by atoms with E-state index in [2.05, 4.69) is 10.3 Å². The standard InChI is InChI=1S/C19H23N3O2/c1-5-22(16-9-7-6-8-10-16)18(24)15-11-14(12-20-13-15)17(23)21-19(2,3)4/h6-13H,5H2,1-4H3,(H,21,23). The van der Waals surface area contributed by atoms with Gasteiger partial charge in [-0.2, -0.15) is 0 Å². The zero-order valence-corrected chi connectivity index (χ0v) is 14.5. The fraction of sp³-hybridized carbons (Fsp3) is 0.316. The number of rotatable bonds is 4. The van der Waals surface area contributed by atoms with E-state index >= 15 is 0 Å². The summed E-state index contributed by atoms with van der Waals surface area (Å²) < 4.78 is 0. The summed E-state index contributed by atoms with van der Waals surface area (Å²) in [6.45, 7) is 8.15. The number of carbonyl (C=O) groups is 2. The van der Waals surface area contributed by atoms with Crippen LogP contribution in [-0.2, 0) is 0 Å². The van der Waals surface area contributed by atoms with E-state index < -0.39 is 0 Å². The summed E-state index contributed by atoms with van der Waals surface area (Å²) >= 11 is 0. The second-order valence-corrected chi connectivity index (χ2v) is 6.55. The third-order valence-electron chi connectivity index (χ3n) is 3.37. The van der Waals surface area contributed by atoms with Crippen LogP contribution in [0.5, 0.6) is 0 Å². The number of nitrogens with one attached hydrogen (secondary N) is 1. The molecule has 2 aromatic rings. The van der Waals surface area contributed by atoms with Gasteiger partial charge in [-0.05, 0) is 45.9 Å². The second-order valence-electron chi connectivity index (χ2n) is 6.55. The first kappa shape index (κ1) is 17.7. The Morgan fingerprint density at radius 1 is 1.08 bits per heavy atom. The predicted octanol–water partition coefficient (Wildman–Crippen LogP) is 3.28. The Hall–Kier alpha value is -2.69. The highest BCUT2D eigenvalue weighted by molar-refractivity contribution is 6.07. The van der Waals surface area contributed by atoms with Gasteiger partial charge in [0.1, 0.15) is 0 Å². The summed E-state index contributed by atoms with van der Waals surface area (Å²) in [4.78, 5) is 30.8. The number of pyridine rings is 1. The van der Waals surface area contributed by atoms with Crippen LogP contribution in [-0.4, -0.2) is 28.9 Å². The van der Waals surface area contributed by atoms with Crippen molar-refractivity contribution in [2.75, 3.05) is 11.4 Å². The van der Waals surface area contributed by atoms with Crippen LogP contribution in [0.4, 0.5) is 5.69 Å². The van der Waals surface area contributed by atoms with Gasteiger partial charge in [0, 0.05) is 30.2 Å². The van der Waals surface area contributed by atoms with Crippen molar-refractivity contribution in [3.05, 3.63) is 59.9 Å². The highest BCUT2D eigenvalue weighted by Gasteiger charge is 2.20. The molecule has 0 atom stereocenters. The molecule has 1 N–H and O–H groups in total. The molecule has 1 heterocycles. The molecule has 2 rings (SSSR count). The fourth-order valence-electron chi connectivity index (χ4n) is 2.30. The number of para-hydroxylation sites is 1. The summed E-state index contributed by atoms with van der Waals surface area (Å²) in [5.74, 6) is -0.422. The van der Waals surface area contributed by atoms with Crippen LogP contribution in [0, 0.1) is 0 Å². The molecule has 0 aliphatic heterocycles. The van der Waals surface area contributed by atoms with Crippen molar-refractivity contribution in [2.24, 2.45) is 0 Å². The summed E-state index contributed by atoms with van der Waals surface area (Å²) in [6, 6.07) is 11.0. The maximum atomic E-state index is 12.8. The maximum absolute atomic E-state index is 12.8. The van der Waals surface area contributed by atoms with E-state index in [1.54, 1.807) is 11.0 Å². The van der Waals surface area contributed by atoms with Crippen LogP contribution in [0.1, 0.15) is 48.4 Å². The number of benzene rings is 1. The molecule has 0 saturated carbocycles. The third kappa shape index (κ3) is 4.41. The molecule has 2 amide bonds. The Labute approximate surface area is 142 Å². The van der Waals surface area contributed by atoms with Gasteiger partial charge in [-0.25, -0.2) is 0 Å². The van der Waals surface area contributed by atoms with E-state index in [4.69, 9.17) is 0 Å². The number of hydrogen-bond acceptors (Lipinski definition) is 3. The zero-order valence-electron chi connectivity index (χ0n) is 14.5. The monoisotopic (exact) mass is 325 g/mol. The maximum Gasteiger partial charge on any atom is 0.259 e. The van der Waals surface area contributed by atoms with Gasteiger partial charge in [0.2, 0.25) is 0 Å². The van der Waals surface area contributed by atoms with Crippen molar-refractivity contribution in [2.45, 2.75) is 33.2 Å². The number of hydrogen-bond donors (Lipinski definition) is 1. The van der Waals surface area contributed by atoms with Crippen LogP contribution in [0.15, 0.2) is 48.8 Å². The van der Waals surface area contributed by atoms with Gasteiger partial charge in [-0.3, -0.25) is 14.6 Å². The van der Waals surface area contributed by atoms with Crippen molar-refractivity contribution in [3.63, 3.8) is 0 Å². The Morgan fingerprint density at radius 2 is 1.71 bits per heavy atom. The van der Waals surface area contributed by atoms with Crippen molar-refractivity contribution >= 4 is 17.5 Å². The van der Waals surface area contributed by atoms with Crippen LogP contribution >= 0.6 is 0 Å². The molecule has 0 aliphatic rings. The van der Waals surface area contributed by atoms with E-state index in [1.165, 1.54) is 12.4 Å². The first-order chi connectivity index (χ1) is 11.3. The first-order valence-corrected chi connectivity index (χ1v) is 7.96. The Morgan fingerprint density at radius 3 is 2.29 bits per heavy atom. The average Bonchev–Trinajstić information content (AvgIpc) is 2.55. The number of nitrogens with zero attached hydrogens (tertiary/aromatic N) is 2. The molecule has 24 heavy (non-hydrogen) atoms. The van der Waals surface area contributed by atoms with Gasteiger partial charge >= 0.3 is 0 Å². The zero-order chi connectivity index (χ0) is 17.7. The molecule has 5 nitrogen and oxygen atoms in total. The van der Waals surface area contributed by atoms with E-state index in [0.717, 1.165) is 5.69 Å². The van der Waals surface area contributed by atoms with Crippen molar-refractivity contribution < 1.29 is 9.59 Å². The highest BCUT2D eigenvalue weighted by atomic mass is 16.2. The van der Waals surface area contributed by atoms with Crippen molar-refractivity contribution in [1.29, 1.82) is 0 Å². The molecule has 0 bridgehead atoms. The molecule has 0 radical (unpaired) electrons. The lowest BCUT2D eigenvalue weighted by molar-refractivity contribution is 0.0919. The molecule has 1 aromatic heterocycles. The lowest BCUT2D eigenvalue weighted by Crippen LogP contribution is -2.40. The van der Waals surface area contributed by atoms with Gasteiger partial charge in [0.15, 0.2) is 0 Å². The average molecular weight is 325 g/mol. The molecule has 0 unspecified atom stereocenters. The summed E-state index contributed by atoms with van der Waals surface area (Å²) in [7, 11) is 0. The summed E-state index contributed by atoms with van der Waals surface area (Å²) in [5, 5.41) is 2.87. The molecule has 0 aliphatic carbocycles. The Kier molecular flexibility index (Phi) is 5.34. The molecular formula is C19H23N3O2. The number of amides is 2. The van der Waals surface area contributed by atoms with Crippen molar-refractivity contribution in [3.8, 4) is 0 Å². The summed E-state index contributed by atoms with van der Waals surface area (Å²) in [5.41, 5.74) is 1.23. The lowest BCUT2D eigenvalue weighted by atomic mass is 10.1. The van der Waals surface area contributed by atoms with E-state index in [9.17, 15) is 9.59 Å². The number of anilines is 1. The van der Waals surface area contributed by atoms with Gasteiger partial charge in [-0.1, -0.05) is 18.2 Å². The minimum Gasteiger partial charge on any atom is -0.347 e. The van der Waals surface area contributed by atoms with Gasteiger partial charge < -0.3 is 10.2 Å². The fourth-order valence-corrected chi connectivity index (χ4v) is 2.30. The minimum atomic E-state index is -0.351. The third-order valence-corrected chi connectivity index (χ3v) is 3.37. The minimum absolute atomic E-state index is 0.179. The number of aromatic nitrogens is 1. The van der Waals surface area contributed by atoms with E-state index in [-0.39, 0.29) is 17.4 Å². The lowest BCUT2D eigenvalue weighted by Gasteiger charge is -2.22. The molecular weight excluding hydrogens is 302 g/mol. The predicted molar refractivity (Wildman–Crippen MR) is 95.2 cm³/mol. The molecule has 0 fully saturated rings. The largest absolute Gasteiger partial charge is 0.347 e. The number of carbonyl (C=O) groups excluding carboxylic acids is 2. The van der Waals surface area contributed by atoms with Crippen LogP contribution < -0.4 is 10.2 Å². The summed E-state index contributed by atoms with van der Waals surface area (Å²) in [6.07, 6.45) is 2.96. The quantitative estimate of drug-likeness (QED) is 0.938. The SMILES string of the molecule is CCN(C(=O)c1cncc(C(=O)NC(C)(C)C)c1)c1ccccc1. The Balaban J connectivity index is 2.27. The molecule has 0 saturated heterocycles. The van der Waals surface area contributed by atoms with E-state index in [1.807, 2.05) is 58.0 Å². The molecule has 0 spiro atoms. The van der Waals surface area contributed by atoms with E-state index in [0.29, 0.717) is 17.7 Å². The van der Waals surface area contributed by atoms with Crippen LogP contribution in [0.3, 0.4) is 0 Å². The smallest absolute Gasteiger partial charge is 0.259 e.